The number of benzene rings is 2. The number of fused-ring (bicyclic) bond motifs is 1. The first-order chi connectivity index (χ1) is 12.1. The van der Waals surface area contributed by atoms with Crippen LogP contribution in [0.2, 0.25) is 0 Å². The molecule has 4 nitrogen and oxygen atoms in total. The molecule has 1 amide bonds. The minimum absolute atomic E-state index is 0.0670. The van der Waals surface area contributed by atoms with Crippen LogP contribution in [0.25, 0.3) is 0 Å². The smallest absolute Gasteiger partial charge is 0.248 e. The summed E-state index contributed by atoms with van der Waals surface area (Å²) in [6, 6.07) is 15.7. The highest BCUT2D eigenvalue weighted by molar-refractivity contribution is 9.10. The first-order valence-electron chi connectivity index (χ1n) is 8.15. The molecule has 2 aromatic rings. The summed E-state index contributed by atoms with van der Waals surface area (Å²) >= 11 is 3.52. The third kappa shape index (κ3) is 4.07. The molecule has 0 saturated heterocycles. The number of halogens is 1. The van der Waals surface area contributed by atoms with E-state index in [4.69, 9.17) is 0 Å². The maximum absolute atomic E-state index is 12.6. The number of anilines is 1. The first-order valence-corrected chi connectivity index (χ1v) is 10.4. The van der Waals surface area contributed by atoms with E-state index in [0.29, 0.717) is 18.1 Å². The second-order valence-electron chi connectivity index (χ2n) is 5.67. The number of benzodiazepines with no additional fused rings is 1. The number of carbonyl (C=O) groups is 1. The molecule has 0 bridgehead atoms. The van der Waals surface area contributed by atoms with E-state index in [9.17, 15) is 9.00 Å². The summed E-state index contributed by atoms with van der Waals surface area (Å²) in [7, 11) is -0.916. The normalized spacial score (nSPS) is 15.4. The van der Waals surface area contributed by atoms with Crippen LogP contribution in [0.1, 0.15) is 18.1 Å². The minimum atomic E-state index is -0.916. The maximum atomic E-state index is 12.6. The van der Waals surface area contributed by atoms with Crippen LogP contribution in [0.15, 0.2) is 58.0 Å². The molecule has 0 spiro atoms. The molecule has 1 heterocycles. The largest absolute Gasteiger partial charge is 0.309 e. The Kier molecular flexibility index (Phi) is 5.81. The predicted molar refractivity (Wildman–Crippen MR) is 107 cm³/mol. The maximum Gasteiger partial charge on any atom is 0.248 e. The molecule has 1 aliphatic rings. The molecule has 0 N–H and O–H groups in total. The van der Waals surface area contributed by atoms with E-state index in [2.05, 4.69) is 20.9 Å². The van der Waals surface area contributed by atoms with E-state index >= 15 is 0 Å². The Balaban J connectivity index is 2.05. The highest BCUT2D eigenvalue weighted by Gasteiger charge is 2.25. The lowest BCUT2D eigenvalue weighted by atomic mass is 10.0. The number of rotatable bonds is 5. The van der Waals surface area contributed by atoms with Crippen molar-refractivity contribution in [3.63, 3.8) is 0 Å². The van der Waals surface area contributed by atoms with E-state index in [0.717, 1.165) is 27.0 Å². The van der Waals surface area contributed by atoms with E-state index in [1.54, 1.807) is 4.90 Å². The summed E-state index contributed by atoms with van der Waals surface area (Å²) in [5.74, 6) is 1.00. The number of hydrogen-bond acceptors (Lipinski definition) is 3. The van der Waals surface area contributed by atoms with Crippen molar-refractivity contribution in [2.75, 3.05) is 29.5 Å². The van der Waals surface area contributed by atoms with Crippen molar-refractivity contribution in [1.82, 2.24) is 0 Å². The first kappa shape index (κ1) is 18.0. The van der Waals surface area contributed by atoms with Gasteiger partial charge in [0.05, 0.1) is 11.4 Å². The number of amides is 1. The molecule has 0 saturated carbocycles. The van der Waals surface area contributed by atoms with E-state index in [1.165, 1.54) is 0 Å². The molecule has 0 fully saturated rings. The molecule has 0 aromatic heterocycles. The molecular formula is C19H19BrN2O2S. The Hall–Kier alpha value is -1.79. The monoisotopic (exact) mass is 418 g/mol. The zero-order valence-corrected chi connectivity index (χ0v) is 16.3. The van der Waals surface area contributed by atoms with Crippen molar-refractivity contribution in [2.45, 2.75) is 6.92 Å². The van der Waals surface area contributed by atoms with E-state index in [-0.39, 0.29) is 12.5 Å². The quantitative estimate of drug-likeness (QED) is 0.746. The summed E-state index contributed by atoms with van der Waals surface area (Å²) in [5.41, 5.74) is 3.52. The van der Waals surface area contributed by atoms with Crippen LogP contribution in [0.3, 0.4) is 0 Å². The van der Waals surface area contributed by atoms with Crippen molar-refractivity contribution < 1.29 is 9.00 Å². The second-order valence-corrected chi connectivity index (χ2v) is 8.45. The summed E-state index contributed by atoms with van der Waals surface area (Å²) in [4.78, 5) is 18.9. The summed E-state index contributed by atoms with van der Waals surface area (Å²) < 4.78 is 12.8. The number of aliphatic imine (C=N–C) groups is 1. The molecule has 1 atom stereocenters. The standard InChI is InChI=1S/C19H19BrN2O2S/c1-2-25(24)11-10-22-17-9-8-15(20)12-16(17)19(21-13-18(22)23)14-6-4-3-5-7-14/h3-9,12H,2,10-11,13H2,1H3. The highest BCUT2D eigenvalue weighted by Crippen LogP contribution is 2.29. The van der Waals surface area contributed by atoms with Gasteiger partial charge < -0.3 is 4.90 Å². The molecule has 1 unspecified atom stereocenters. The predicted octanol–water partition coefficient (Wildman–Crippen LogP) is 3.40. The number of carbonyl (C=O) groups excluding carboxylic acids is 1. The lowest BCUT2D eigenvalue weighted by Crippen LogP contribution is -2.35. The highest BCUT2D eigenvalue weighted by atomic mass is 79.9. The fourth-order valence-corrected chi connectivity index (χ4v) is 3.85. The lowest BCUT2D eigenvalue weighted by molar-refractivity contribution is -0.117. The Labute approximate surface area is 158 Å². The third-order valence-electron chi connectivity index (χ3n) is 4.09. The third-order valence-corrected chi connectivity index (χ3v) is 5.86. The van der Waals surface area contributed by atoms with Crippen molar-refractivity contribution in [3.8, 4) is 0 Å². The summed E-state index contributed by atoms with van der Waals surface area (Å²) in [6.45, 7) is 2.42. The van der Waals surface area contributed by atoms with Crippen LogP contribution in [0.5, 0.6) is 0 Å². The molecule has 25 heavy (non-hydrogen) atoms. The Morgan fingerprint density at radius 3 is 2.68 bits per heavy atom. The van der Waals surface area contributed by atoms with Crippen LogP contribution >= 0.6 is 15.9 Å². The summed E-state index contributed by atoms with van der Waals surface area (Å²) in [5, 5.41) is 0. The molecule has 1 aliphatic heterocycles. The Morgan fingerprint density at radius 2 is 1.96 bits per heavy atom. The zero-order valence-electron chi connectivity index (χ0n) is 13.9. The van der Waals surface area contributed by atoms with Gasteiger partial charge in [0.15, 0.2) is 0 Å². The van der Waals surface area contributed by atoms with E-state index < -0.39 is 10.8 Å². The average molecular weight is 419 g/mol. The van der Waals surface area contributed by atoms with Gasteiger partial charge in [0, 0.05) is 44.4 Å². The van der Waals surface area contributed by atoms with Crippen LogP contribution < -0.4 is 4.90 Å². The second kappa shape index (κ2) is 8.06. The average Bonchev–Trinajstić information content (AvgIpc) is 2.76. The minimum Gasteiger partial charge on any atom is -0.309 e. The van der Waals surface area contributed by atoms with Crippen LogP contribution in [0.4, 0.5) is 5.69 Å². The van der Waals surface area contributed by atoms with Gasteiger partial charge in [-0.25, -0.2) is 0 Å². The van der Waals surface area contributed by atoms with Gasteiger partial charge in [0.25, 0.3) is 0 Å². The van der Waals surface area contributed by atoms with Crippen LogP contribution in [-0.2, 0) is 15.6 Å². The van der Waals surface area contributed by atoms with Gasteiger partial charge >= 0.3 is 0 Å². The Bertz CT molecular complexity index is 837. The van der Waals surface area contributed by atoms with Crippen LogP contribution in [-0.4, -0.2) is 40.4 Å². The molecule has 130 valence electrons. The molecule has 2 aromatic carbocycles. The van der Waals surface area contributed by atoms with Crippen LogP contribution in [0, 0.1) is 0 Å². The SMILES string of the molecule is CCS(=O)CCN1C(=O)CN=C(c2ccccc2)c2cc(Br)ccc21. The van der Waals surface area contributed by atoms with Crippen molar-refractivity contribution in [3.05, 3.63) is 64.1 Å². The zero-order chi connectivity index (χ0) is 17.8. The van der Waals surface area contributed by atoms with E-state index in [1.807, 2.05) is 55.5 Å². The number of nitrogens with zero attached hydrogens (tertiary/aromatic N) is 2. The van der Waals surface area contributed by atoms with Crippen molar-refractivity contribution in [1.29, 1.82) is 0 Å². The molecular weight excluding hydrogens is 400 g/mol. The van der Waals surface area contributed by atoms with Crippen molar-refractivity contribution in [2.24, 2.45) is 4.99 Å². The van der Waals surface area contributed by atoms with Gasteiger partial charge in [0.1, 0.15) is 6.54 Å². The fraction of sp³-hybridized carbons (Fsp3) is 0.263. The van der Waals surface area contributed by atoms with Gasteiger partial charge in [-0.1, -0.05) is 53.2 Å². The molecule has 0 aliphatic carbocycles. The molecule has 3 rings (SSSR count). The van der Waals surface area contributed by atoms with Gasteiger partial charge in [-0.3, -0.25) is 14.0 Å². The molecule has 6 heteroatoms. The summed E-state index contributed by atoms with van der Waals surface area (Å²) in [6.07, 6.45) is 0. The van der Waals surface area contributed by atoms with Gasteiger partial charge in [0.2, 0.25) is 5.91 Å². The van der Waals surface area contributed by atoms with Gasteiger partial charge in [-0.2, -0.15) is 0 Å². The van der Waals surface area contributed by atoms with Gasteiger partial charge in [-0.15, -0.1) is 0 Å². The van der Waals surface area contributed by atoms with Crippen molar-refractivity contribution >= 4 is 44.0 Å². The lowest BCUT2D eigenvalue weighted by Gasteiger charge is -2.23. The fourth-order valence-electron chi connectivity index (χ4n) is 2.81. The topological polar surface area (TPSA) is 49.7 Å². The van der Waals surface area contributed by atoms with Gasteiger partial charge in [-0.05, 0) is 18.2 Å². The Morgan fingerprint density at radius 1 is 1.20 bits per heavy atom. The number of hydrogen-bond donors (Lipinski definition) is 0. The molecule has 0 radical (unpaired) electrons.